The first-order chi connectivity index (χ1) is 8.86. The zero-order valence-electron chi connectivity index (χ0n) is 11.1. The quantitative estimate of drug-likeness (QED) is 0.547. The number of aliphatic hydroxyl groups is 1. The molecule has 0 aliphatic rings. The summed E-state index contributed by atoms with van der Waals surface area (Å²) in [5.74, 6) is 0.806. The predicted octanol–water partition coefficient (Wildman–Crippen LogP) is 1.15. The zero-order valence-corrected chi connectivity index (χ0v) is 11.1. The second-order valence-electron chi connectivity index (χ2n) is 4.10. The van der Waals surface area contributed by atoms with Crippen molar-refractivity contribution >= 4 is 0 Å². The van der Waals surface area contributed by atoms with Crippen molar-refractivity contribution in [3.8, 4) is 5.75 Å². The van der Waals surface area contributed by atoms with E-state index >= 15 is 0 Å². The van der Waals surface area contributed by atoms with Crippen molar-refractivity contribution in [3.05, 3.63) is 29.8 Å². The molecule has 4 heteroatoms. The Balaban J connectivity index is 2.14. The molecule has 4 nitrogen and oxygen atoms in total. The minimum Gasteiger partial charge on any atom is -0.491 e. The van der Waals surface area contributed by atoms with Gasteiger partial charge in [-0.05, 0) is 43.8 Å². The average Bonchev–Trinajstić information content (AvgIpc) is 2.42. The molecule has 0 aliphatic carbocycles. The standard InChI is InChI=1S/C14H24N2O2/c1-2-15-8-3-9-16-12-13-4-6-14(7-5-13)18-11-10-17/h4-7,15-17H,2-3,8-12H2,1H3. The van der Waals surface area contributed by atoms with E-state index in [0.717, 1.165) is 38.3 Å². The molecule has 0 aliphatic heterocycles. The molecule has 1 aromatic rings. The maximum atomic E-state index is 8.65. The summed E-state index contributed by atoms with van der Waals surface area (Å²) in [7, 11) is 0. The number of ether oxygens (including phenoxy) is 1. The molecular weight excluding hydrogens is 228 g/mol. The summed E-state index contributed by atoms with van der Waals surface area (Å²) in [5, 5.41) is 15.3. The summed E-state index contributed by atoms with van der Waals surface area (Å²) in [5.41, 5.74) is 1.25. The normalized spacial score (nSPS) is 10.6. The van der Waals surface area contributed by atoms with Crippen LogP contribution in [0.2, 0.25) is 0 Å². The molecule has 0 spiro atoms. The monoisotopic (exact) mass is 252 g/mol. The third kappa shape index (κ3) is 6.59. The lowest BCUT2D eigenvalue weighted by Crippen LogP contribution is -2.21. The molecule has 0 aromatic heterocycles. The molecule has 102 valence electrons. The fraction of sp³-hybridized carbons (Fsp3) is 0.571. The Morgan fingerprint density at radius 2 is 1.83 bits per heavy atom. The number of hydrogen-bond acceptors (Lipinski definition) is 4. The molecule has 0 heterocycles. The zero-order chi connectivity index (χ0) is 13.1. The Labute approximate surface area is 109 Å². The lowest BCUT2D eigenvalue weighted by molar-refractivity contribution is 0.201. The van der Waals surface area contributed by atoms with Crippen LogP contribution in [0.4, 0.5) is 0 Å². The largest absolute Gasteiger partial charge is 0.491 e. The third-order valence-electron chi connectivity index (χ3n) is 2.57. The van der Waals surface area contributed by atoms with Crippen LogP contribution in [-0.2, 0) is 6.54 Å². The Hall–Kier alpha value is -1.10. The van der Waals surface area contributed by atoms with Crippen molar-refractivity contribution in [2.24, 2.45) is 0 Å². The van der Waals surface area contributed by atoms with E-state index in [1.807, 2.05) is 24.3 Å². The van der Waals surface area contributed by atoms with E-state index in [1.165, 1.54) is 5.56 Å². The average molecular weight is 252 g/mol. The van der Waals surface area contributed by atoms with E-state index in [4.69, 9.17) is 9.84 Å². The molecule has 1 aromatic carbocycles. The molecule has 0 atom stereocenters. The Morgan fingerprint density at radius 3 is 2.50 bits per heavy atom. The van der Waals surface area contributed by atoms with Crippen LogP contribution in [0.25, 0.3) is 0 Å². The Kier molecular flexibility index (Phi) is 8.21. The van der Waals surface area contributed by atoms with E-state index in [9.17, 15) is 0 Å². The second-order valence-corrected chi connectivity index (χ2v) is 4.10. The van der Waals surface area contributed by atoms with Crippen LogP contribution < -0.4 is 15.4 Å². The van der Waals surface area contributed by atoms with Gasteiger partial charge in [0.05, 0.1) is 6.61 Å². The van der Waals surface area contributed by atoms with Gasteiger partial charge in [0.25, 0.3) is 0 Å². The SMILES string of the molecule is CCNCCCNCc1ccc(OCCO)cc1. The molecule has 0 saturated heterocycles. The number of nitrogens with one attached hydrogen (secondary N) is 2. The lowest BCUT2D eigenvalue weighted by Gasteiger charge is -2.07. The summed E-state index contributed by atoms with van der Waals surface area (Å²) in [6.45, 7) is 6.53. The lowest BCUT2D eigenvalue weighted by atomic mass is 10.2. The van der Waals surface area contributed by atoms with Gasteiger partial charge in [-0.2, -0.15) is 0 Å². The number of rotatable bonds is 10. The van der Waals surface area contributed by atoms with Crippen LogP contribution in [0.5, 0.6) is 5.75 Å². The van der Waals surface area contributed by atoms with Crippen LogP contribution in [0, 0.1) is 0 Å². The molecule has 0 amide bonds. The Bertz CT molecular complexity index is 301. The van der Waals surface area contributed by atoms with Gasteiger partial charge >= 0.3 is 0 Å². The highest BCUT2D eigenvalue weighted by molar-refractivity contribution is 5.27. The van der Waals surface area contributed by atoms with E-state index in [-0.39, 0.29) is 6.61 Å². The van der Waals surface area contributed by atoms with Crippen LogP contribution in [0.3, 0.4) is 0 Å². The number of benzene rings is 1. The second kappa shape index (κ2) is 9.88. The minimum absolute atomic E-state index is 0.0507. The van der Waals surface area contributed by atoms with E-state index < -0.39 is 0 Å². The maximum absolute atomic E-state index is 8.65. The van der Waals surface area contributed by atoms with Gasteiger partial charge in [0, 0.05) is 6.54 Å². The highest BCUT2D eigenvalue weighted by Gasteiger charge is 1.95. The predicted molar refractivity (Wildman–Crippen MR) is 73.9 cm³/mol. The van der Waals surface area contributed by atoms with Gasteiger partial charge in [0.2, 0.25) is 0 Å². The molecular formula is C14H24N2O2. The minimum atomic E-state index is 0.0507. The molecule has 0 bridgehead atoms. The summed E-state index contributed by atoms with van der Waals surface area (Å²) >= 11 is 0. The Morgan fingerprint density at radius 1 is 1.11 bits per heavy atom. The first-order valence-corrected chi connectivity index (χ1v) is 6.61. The van der Waals surface area contributed by atoms with Crippen molar-refractivity contribution in [1.29, 1.82) is 0 Å². The fourth-order valence-electron chi connectivity index (χ4n) is 1.61. The highest BCUT2D eigenvalue weighted by atomic mass is 16.5. The third-order valence-corrected chi connectivity index (χ3v) is 2.57. The van der Waals surface area contributed by atoms with E-state index in [1.54, 1.807) is 0 Å². The summed E-state index contributed by atoms with van der Waals surface area (Å²) < 4.78 is 5.30. The van der Waals surface area contributed by atoms with Gasteiger partial charge in [-0.15, -0.1) is 0 Å². The highest BCUT2D eigenvalue weighted by Crippen LogP contribution is 2.11. The van der Waals surface area contributed by atoms with E-state index in [2.05, 4.69) is 17.6 Å². The topological polar surface area (TPSA) is 53.5 Å². The molecule has 0 fully saturated rings. The van der Waals surface area contributed by atoms with Gasteiger partial charge < -0.3 is 20.5 Å². The van der Waals surface area contributed by atoms with Crippen molar-refractivity contribution < 1.29 is 9.84 Å². The van der Waals surface area contributed by atoms with Gasteiger partial charge in [0.15, 0.2) is 0 Å². The van der Waals surface area contributed by atoms with E-state index in [0.29, 0.717) is 6.61 Å². The molecule has 0 saturated carbocycles. The van der Waals surface area contributed by atoms with Crippen LogP contribution in [0.15, 0.2) is 24.3 Å². The molecule has 0 radical (unpaired) electrons. The van der Waals surface area contributed by atoms with Crippen molar-refractivity contribution in [2.75, 3.05) is 32.8 Å². The molecule has 0 unspecified atom stereocenters. The van der Waals surface area contributed by atoms with Crippen molar-refractivity contribution in [2.45, 2.75) is 19.9 Å². The first kappa shape index (κ1) is 15.0. The van der Waals surface area contributed by atoms with Gasteiger partial charge in [-0.3, -0.25) is 0 Å². The fourth-order valence-corrected chi connectivity index (χ4v) is 1.61. The van der Waals surface area contributed by atoms with Crippen LogP contribution in [0.1, 0.15) is 18.9 Å². The molecule has 1 rings (SSSR count). The van der Waals surface area contributed by atoms with Gasteiger partial charge in [0.1, 0.15) is 12.4 Å². The van der Waals surface area contributed by atoms with Crippen LogP contribution in [-0.4, -0.2) is 38.0 Å². The van der Waals surface area contributed by atoms with Crippen LogP contribution >= 0.6 is 0 Å². The maximum Gasteiger partial charge on any atom is 0.119 e. The van der Waals surface area contributed by atoms with Crippen molar-refractivity contribution in [1.82, 2.24) is 10.6 Å². The smallest absolute Gasteiger partial charge is 0.119 e. The van der Waals surface area contributed by atoms with Gasteiger partial charge in [-0.1, -0.05) is 19.1 Å². The first-order valence-electron chi connectivity index (χ1n) is 6.61. The number of hydrogen-bond donors (Lipinski definition) is 3. The molecule has 3 N–H and O–H groups in total. The number of aliphatic hydroxyl groups excluding tert-OH is 1. The summed E-state index contributed by atoms with van der Waals surface area (Å²) in [6, 6.07) is 7.96. The van der Waals surface area contributed by atoms with Crippen molar-refractivity contribution in [3.63, 3.8) is 0 Å². The molecule has 18 heavy (non-hydrogen) atoms. The summed E-state index contributed by atoms with van der Waals surface area (Å²) in [4.78, 5) is 0. The van der Waals surface area contributed by atoms with Gasteiger partial charge in [-0.25, -0.2) is 0 Å². The summed E-state index contributed by atoms with van der Waals surface area (Å²) in [6.07, 6.45) is 1.14.